The molecule has 5 unspecified atom stereocenters. The normalized spacial score (nSPS) is 14.4. The molecule has 0 amide bonds. The minimum absolute atomic E-state index is 0.0944. The van der Waals surface area contributed by atoms with Crippen molar-refractivity contribution in [2.45, 2.75) is 424 Å². The van der Waals surface area contributed by atoms with Gasteiger partial charge in [-0.2, -0.15) is 0 Å². The number of carbonyl (C=O) groups excluding carboxylic acids is 3. The Bertz CT molecular complexity index is 2790. The number of ether oxygens (including phenoxy) is 3. The summed E-state index contributed by atoms with van der Waals surface area (Å²) >= 11 is 0. The first-order chi connectivity index (χ1) is 58.2. The molecule has 0 saturated carbocycles. The highest BCUT2D eigenvalue weighted by atomic mass is 31.2. The van der Waals surface area contributed by atoms with Crippen LogP contribution >= 0.6 is 15.6 Å². The van der Waals surface area contributed by atoms with E-state index in [-0.39, 0.29) is 19.3 Å². The molecular weight excluding hydrogens is 1530 g/mol. The van der Waals surface area contributed by atoms with Crippen molar-refractivity contribution in [1.82, 2.24) is 0 Å². The molecule has 4 N–H and O–H groups in total. The Labute approximate surface area is 727 Å². The molecule has 0 aliphatic rings. The van der Waals surface area contributed by atoms with E-state index in [0.717, 1.165) is 161 Å². The van der Waals surface area contributed by atoms with E-state index in [2.05, 4.69) is 179 Å². The fourth-order valence-corrected chi connectivity index (χ4v) is 14.6. The summed E-state index contributed by atoms with van der Waals surface area (Å²) in [5, 5.41) is 20.7. The molecule has 0 aromatic carbocycles. The fourth-order valence-electron chi connectivity index (χ4n) is 13.0. The van der Waals surface area contributed by atoms with Crippen LogP contribution in [0.4, 0.5) is 0 Å². The molecule has 0 spiro atoms. The highest BCUT2D eigenvalue weighted by Gasteiger charge is 2.30. The number of hydrogen-bond acceptors (Lipinski definition) is 14. The molecule has 5 atom stereocenters. The molecular formula is C101H174O16P2. The van der Waals surface area contributed by atoms with E-state index in [1.165, 1.54) is 186 Å². The molecule has 18 heteroatoms. The van der Waals surface area contributed by atoms with Crippen molar-refractivity contribution in [1.29, 1.82) is 0 Å². The minimum Gasteiger partial charge on any atom is -0.463 e. The highest BCUT2D eigenvalue weighted by Crippen LogP contribution is 2.45. The largest absolute Gasteiger partial charge is 0.472 e. The number of esters is 3. The molecule has 0 aliphatic heterocycles. The molecule has 0 aliphatic carbocycles. The molecule has 684 valence electrons. The quantitative estimate of drug-likeness (QED) is 0.0146. The third-order valence-corrected chi connectivity index (χ3v) is 22.1. The van der Waals surface area contributed by atoms with E-state index in [1.54, 1.807) is 0 Å². The van der Waals surface area contributed by atoms with Gasteiger partial charge in [0.05, 0.1) is 26.4 Å². The van der Waals surface area contributed by atoms with Crippen LogP contribution in [-0.4, -0.2) is 95.9 Å². The van der Waals surface area contributed by atoms with Crippen molar-refractivity contribution in [2.24, 2.45) is 0 Å². The zero-order chi connectivity index (χ0) is 86.5. The van der Waals surface area contributed by atoms with Gasteiger partial charge >= 0.3 is 33.6 Å². The number of phosphoric ester groups is 2. The Kier molecular flexibility index (Phi) is 88.6. The third kappa shape index (κ3) is 93.7. The predicted octanol–water partition coefficient (Wildman–Crippen LogP) is 29.7. The number of carbonyl (C=O) groups is 3. The number of rotatable bonds is 90. The topological polar surface area (TPSA) is 231 Å². The van der Waals surface area contributed by atoms with Crippen LogP contribution in [0.2, 0.25) is 0 Å². The van der Waals surface area contributed by atoms with Crippen LogP contribution in [0.15, 0.2) is 158 Å². The second-order valence-electron chi connectivity index (χ2n) is 31.8. The molecule has 0 rings (SSSR count). The number of aliphatic hydroxyl groups is 2. The van der Waals surface area contributed by atoms with Gasteiger partial charge in [-0.25, -0.2) is 9.13 Å². The maximum absolute atomic E-state index is 13.0. The Morgan fingerprint density at radius 3 is 0.714 bits per heavy atom. The Balaban J connectivity index is 4.43. The molecule has 0 fully saturated rings. The van der Waals surface area contributed by atoms with Crippen molar-refractivity contribution >= 4 is 33.6 Å². The van der Waals surface area contributed by atoms with Crippen LogP contribution in [-0.2, 0) is 55.8 Å². The lowest BCUT2D eigenvalue weighted by atomic mass is 10.0. The second-order valence-corrected chi connectivity index (χ2v) is 34.7. The van der Waals surface area contributed by atoms with Gasteiger partial charge in [-0.15, -0.1) is 0 Å². The standard InChI is InChI=1S/C101H174O16P2/c1-4-7-10-13-16-19-22-25-28-30-32-34-36-38-40-42-44-46-47-49-51-52-54-56-58-60-62-64-67-69-72-75-78-81-84-87-99(104)111-90-96(102)91-113-118(107,108)114-92-97(103)93-115-119(109,110)116-95-98(117-101(106)89-86-83-80-77-74-71-66-27-24-21-18-15-12-9-6-3)94-112-100(105)88-85-82-79-76-73-70-68-65-63-61-59-57-55-53-50-48-45-43-41-39-37-35-33-31-29-26-23-20-17-14-11-8-5-2/h7-8,10-11,16-17,19-20,25-29,32-35,38-41,44-46,48,66,96-98,102-103H,4-6,9,12-15,18,21-24,30-31,36-37,42-43,47,49-65,67-95H2,1-3H3,(H,107,108)(H,109,110)/b10-7-,11-8-,19-16-,20-17-,28-25-,29-26-,34-32-,35-33-,40-38-,41-39-,46-44-,48-45-,66-27-. The van der Waals surface area contributed by atoms with Gasteiger partial charge in [0.1, 0.15) is 25.4 Å². The van der Waals surface area contributed by atoms with Gasteiger partial charge in [-0.1, -0.05) is 397 Å². The van der Waals surface area contributed by atoms with E-state index >= 15 is 0 Å². The summed E-state index contributed by atoms with van der Waals surface area (Å²) in [6, 6.07) is 0. The van der Waals surface area contributed by atoms with Gasteiger partial charge in [0.15, 0.2) is 6.10 Å². The summed E-state index contributed by atoms with van der Waals surface area (Å²) in [6.07, 6.45) is 119. The molecule has 0 bridgehead atoms. The van der Waals surface area contributed by atoms with Crippen molar-refractivity contribution < 1.29 is 75.8 Å². The van der Waals surface area contributed by atoms with Crippen molar-refractivity contribution in [3.8, 4) is 0 Å². The zero-order valence-electron chi connectivity index (χ0n) is 75.5. The summed E-state index contributed by atoms with van der Waals surface area (Å²) in [4.78, 5) is 59.0. The van der Waals surface area contributed by atoms with Crippen molar-refractivity contribution in [3.63, 3.8) is 0 Å². The molecule has 0 aromatic heterocycles. The Morgan fingerprint density at radius 1 is 0.244 bits per heavy atom. The van der Waals surface area contributed by atoms with Crippen molar-refractivity contribution in [2.75, 3.05) is 39.6 Å². The van der Waals surface area contributed by atoms with E-state index in [1.807, 2.05) is 0 Å². The van der Waals surface area contributed by atoms with Crippen LogP contribution in [0.1, 0.15) is 406 Å². The molecule has 0 radical (unpaired) electrons. The second kappa shape index (κ2) is 92.4. The van der Waals surface area contributed by atoms with Gasteiger partial charge < -0.3 is 34.2 Å². The maximum atomic E-state index is 13.0. The summed E-state index contributed by atoms with van der Waals surface area (Å²) < 4.78 is 61.5. The lowest BCUT2D eigenvalue weighted by molar-refractivity contribution is -0.161. The molecule has 0 saturated heterocycles. The highest BCUT2D eigenvalue weighted by molar-refractivity contribution is 7.47. The SMILES string of the molecule is CC/C=C\C/C=C\C/C=C\C/C=C\C/C=C\C/C=C\CCCCCCCCCCCCCCCCCCC(=O)OCC(O)COP(=O)(O)OCC(O)COP(=O)(O)OCC(COC(=O)CCCCCCCCCCCCCCCC/C=C\C/C=C\C/C=C\C/C=C\C/C=C\C/C=C\CC)OC(=O)CCCCCCC/C=C\CCCCCCCC. The molecule has 119 heavy (non-hydrogen) atoms. The van der Waals surface area contributed by atoms with E-state index < -0.39 is 91.5 Å². The number of allylic oxidation sites excluding steroid dienone is 26. The van der Waals surface area contributed by atoms with Gasteiger partial charge in [0.2, 0.25) is 0 Å². The van der Waals surface area contributed by atoms with Crippen molar-refractivity contribution in [3.05, 3.63) is 158 Å². The lowest BCUT2D eigenvalue weighted by Gasteiger charge is -2.21. The van der Waals surface area contributed by atoms with E-state index in [0.29, 0.717) is 19.3 Å². The zero-order valence-corrected chi connectivity index (χ0v) is 77.3. The van der Waals surface area contributed by atoms with Crippen LogP contribution in [0, 0.1) is 0 Å². The molecule has 16 nitrogen and oxygen atoms in total. The first-order valence-corrected chi connectivity index (χ1v) is 50.8. The van der Waals surface area contributed by atoms with Crippen LogP contribution < -0.4 is 0 Å². The fraction of sp³-hybridized carbons (Fsp3) is 0.713. The number of phosphoric acid groups is 2. The summed E-state index contributed by atoms with van der Waals surface area (Å²) in [5.41, 5.74) is 0. The van der Waals surface area contributed by atoms with E-state index in [4.69, 9.17) is 32.3 Å². The monoisotopic (exact) mass is 1710 g/mol. The van der Waals surface area contributed by atoms with Gasteiger partial charge in [0, 0.05) is 19.3 Å². The number of aliphatic hydroxyl groups excluding tert-OH is 2. The van der Waals surface area contributed by atoms with Gasteiger partial charge in [-0.3, -0.25) is 32.5 Å². The molecule has 0 heterocycles. The summed E-state index contributed by atoms with van der Waals surface area (Å²) in [5.74, 6) is -1.57. The average molecular weight is 1710 g/mol. The van der Waals surface area contributed by atoms with Crippen LogP contribution in [0.25, 0.3) is 0 Å². The summed E-state index contributed by atoms with van der Waals surface area (Å²) in [6.45, 7) is 2.50. The van der Waals surface area contributed by atoms with Gasteiger partial charge in [0.25, 0.3) is 0 Å². The van der Waals surface area contributed by atoms with Crippen LogP contribution in [0.3, 0.4) is 0 Å². The third-order valence-electron chi connectivity index (χ3n) is 20.2. The Morgan fingerprint density at radius 2 is 0.445 bits per heavy atom. The summed E-state index contributed by atoms with van der Waals surface area (Å²) in [7, 11) is -9.80. The van der Waals surface area contributed by atoms with Crippen LogP contribution in [0.5, 0.6) is 0 Å². The lowest BCUT2D eigenvalue weighted by Crippen LogP contribution is -2.30. The first kappa shape index (κ1) is 114. The van der Waals surface area contributed by atoms with Gasteiger partial charge in [-0.05, 0) is 148 Å². The maximum Gasteiger partial charge on any atom is 0.472 e. The minimum atomic E-state index is -4.94. The molecule has 0 aromatic rings. The average Bonchev–Trinajstić information content (AvgIpc) is 0.898. The van der Waals surface area contributed by atoms with E-state index in [9.17, 15) is 43.5 Å². The smallest absolute Gasteiger partial charge is 0.463 e. The number of hydrogen-bond donors (Lipinski definition) is 4. The first-order valence-electron chi connectivity index (χ1n) is 47.8. The number of unbranched alkanes of at least 4 members (excludes halogenated alkanes) is 41. The predicted molar refractivity (Wildman–Crippen MR) is 500 cm³/mol. The Hall–Kier alpha value is -4.83.